The zero-order valence-electron chi connectivity index (χ0n) is 22.6. The van der Waals surface area contributed by atoms with Crippen molar-refractivity contribution in [1.29, 1.82) is 0 Å². The molecule has 41 heavy (non-hydrogen) atoms. The second kappa shape index (κ2) is 12.7. The zero-order chi connectivity index (χ0) is 29.7. The molecule has 0 aliphatic heterocycles. The number of phenols is 1. The summed E-state index contributed by atoms with van der Waals surface area (Å²) in [5, 5.41) is 10.00. The van der Waals surface area contributed by atoms with Crippen LogP contribution in [0.3, 0.4) is 0 Å². The summed E-state index contributed by atoms with van der Waals surface area (Å²) in [5.74, 6) is -1.56. The van der Waals surface area contributed by atoms with Crippen LogP contribution in [-0.2, 0) is 20.7 Å². The number of phenolic OH excluding ortho intramolecular Hbond substituents is 1. The van der Waals surface area contributed by atoms with Crippen LogP contribution in [0.15, 0.2) is 84.9 Å². The highest BCUT2D eigenvalue weighted by atomic mass is 35.5. The SMILES string of the molecule is Cc1ccccc1C(=O)c1ccc(N(C(=O)OC(C)OC(=O)Cc2ccccc2O)c2ccc(F)cc2C)cc1Cl. The van der Waals surface area contributed by atoms with Gasteiger partial charge in [-0.05, 0) is 67.4 Å². The maximum absolute atomic E-state index is 13.9. The number of nitrogens with zero attached hydrogens (tertiary/aromatic N) is 1. The van der Waals surface area contributed by atoms with Gasteiger partial charge in [0.05, 0.1) is 22.8 Å². The van der Waals surface area contributed by atoms with E-state index in [0.717, 1.165) is 10.5 Å². The predicted molar refractivity (Wildman–Crippen MR) is 153 cm³/mol. The molecule has 210 valence electrons. The first kappa shape index (κ1) is 29.3. The number of ketones is 1. The highest BCUT2D eigenvalue weighted by Gasteiger charge is 2.26. The van der Waals surface area contributed by atoms with E-state index in [-0.39, 0.29) is 39.9 Å². The Balaban J connectivity index is 1.60. The largest absolute Gasteiger partial charge is 0.508 e. The average molecular weight is 576 g/mol. The van der Waals surface area contributed by atoms with E-state index in [1.807, 2.05) is 19.1 Å². The molecule has 0 radical (unpaired) electrons. The minimum Gasteiger partial charge on any atom is -0.508 e. The average Bonchev–Trinajstić information content (AvgIpc) is 2.91. The molecule has 0 heterocycles. The number of carbonyl (C=O) groups excluding carboxylic acids is 3. The fourth-order valence-corrected chi connectivity index (χ4v) is 4.53. The van der Waals surface area contributed by atoms with E-state index < -0.39 is 24.2 Å². The van der Waals surface area contributed by atoms with Gasteiger partial charge in [0.1, 0.15) is 11.6 Å². The van der Waals surface area contributed by atoms with Gasteiger partial charge in [0, 0.05) is 23.6 Å². The van der Waals surface area contributed by atoms with Crippen LogP contribution in [-0.4, -0.2) is 29.2 Å². The van der Waals surface area contributed by atoms with Crippen molar-refractivity contribution in [1.82, 2.24) is 0 Å². The first-order valence-electron chi connectivity index (χ1n) is 12.7. The van der Waals surface area contributed by atoms with Crippen molar-refractivity contribution in [2.75, 3.05) is 4.90 Å². The number of anilines is 2. The molecule has 0 spiro atoms. The van der Waals surface area contributed by atoms with Gasteiger partial charge in [0.2, 0.25) is 6.29 Å². The monoisotopic (exact) mass is 575 g/mol. The highest BCUT2D eigenvalue weighted by molar-refractivity contribution is 6.35. The fourth-order valence-electron chi connectivity index (χ4n) is 4.27. The van der Waals surface area contributed by atoms with Crippen molar-refractivity contribution in [3.63, 3.8) is 0 Å². The molecule has 0 fully saturated rings. The summed E-state index contributed by atoms with van der Waals surface area (Å²) >= 11 is 6.54. The molecule has 1 atom stereocenters. The third-order valence-electron chi connectivity index (χ3n) is 6.32. The van der Waals surface area contributed by atoms with E-state index in [1.54, 1.807) is 37.3 Å². The molecular formula is C32H27ClFNO6. The third-order valence-corrected chi connectivity index (χ3v) is 6.63. The molecule has 1 amide bonds. The van der Waals surface area contributed by atoms with Crippen LogP contribution in [0.5, 0.6) is 5.75 Å². The summed E-state index contributed by atoms with van der Waals surface area (Å²) < 4.78 is 24.6. The maximum atomic E-state index is 13.9. The number of halogens is 2. The Morgan fingerprint density at radius 1 is 0.878 bits per heavy atom. The first-order valence-corrected chi connectivity index (χ1v) is 13.1. The number of aromatic hydroxyl groups is 1. The van der Waals surface area contributed by atoms with Crippen LogP contribution in [0.2, 0.25) is 5.02 Å². The van der Waals surface area contributed by atoms with E-state index in [4.69, 9.17) is 21.1 Å². The van der Waals surface area contributed by atoms with Crippen molar-refractivity contribution >= 4 is 40.8 Å². The van der Waals surface area contributed by atoms with Crippen molar-refractivity contribution in [3.8, 4) is 5.75 Å². The molecule has 4 aromatic rings. The quantitative estimate of drug-likeness (QED) is 0.133. The highest BCUT2D eigenvalue weighted by Crippen LogP contribution is 2.34. The lowest BCUT2D eigenvalue weighted by Gasteiger charge is -2.26. The lowest BCUT2D eigenvalue weighted by Crippen LogP contribution is -2.32. The molecule has 4 aromatic carbocycles. The Hall–Kier alpha value is -4.69. The molecule has 1 N–H and O–H groups in total. The Morgan fingerprint density at radius 2 is 1.59 bits per heavy atom. The molecule has 1 unspecified atom stereocenters. The summed E-state index contributed by atoms with van der Waals surface area (Å²) in [6, 6.07) is 21.7. The lowest BCUT2D eigenvalue weighted by molar-refractivity contribution is -0.163. The van der Waals surface area contributed by atoms with Gasteiger partial charge in [-0.3, -0.25) is 9.59 Å². The number of esters is 1. The lowest BCUT2D eigenvalue weighted by atomic mass is 9.99. The Labute approximate surface area is 241 Å². The van der Waals surface area contributed by atoms with Gasteiger partial charge in [0.25, 0.3) is 0 Å². The molecule has 7 nitrogen and oxygen atoms in total. The van der Waals surface area contributed by atoms with Crippen LogP contribution in [0.1, 0.15) is 39.5 Å². The fraction of sp³-hybridized carbons (Fsp3) is 0.156. The number of carbonyl (C=O) groups is 3. The standard InChI is InChI=1S/C32H27ClFNO6/c1-19-8-4-6-10-25(19)31(38)26-14-13-24(18-27(26)33)35(28-15-12-23(34)16-20(28)2)32(39)41-21(3)40-30(37)17-22-9-5-7-11-29(22)36/h4-16,18,21,36H,17H2,1-3H3. The smallest absolute Gasteiger partial charge is 0.422 e. The topological polar surface area (TPSA) is 93.1 Å². The van der Waals surface area contributed by atoms with E-state index in [1.165, 1.54) is 49.4 Å². The Bertz CT molecular complexity index is 1620. The number of ether oxygens (including phenoxy) is 2. The van der Waals surface area contributed by atoms with Crippen molar-refractivity contribution < 1.29 is 33.4 Å². The van der Waals surface area contributed by atoms with E-state index in [2.05, 4.69) is 0 Å². The molecule has 0 saturated heterocycles. The van der Waals surface area contributed by atoms with Gasteiger partial charge in [-0.1, -0.05) is 54.1 Å². The number of hydrogen-bond acceptors (Lipinski definition) is 6. The number of amides is 1. The van der Waals surface area contributed by atoms with Crippen molar-refractivity contribution in [2.45, 2.75) is 33.5 Å². The molecule has 9 heteroatoms. The van der Waals surface area contributed by atoms with Gasteiger partial charge in [-0.25, -0.2) is 14.1 Å². The van der Waals surface area contributed by atoms with Gasteiger partial charge in [-0.15, -0.1) is 0 Å². The summed E-state index contributed by atoms with van der Waals surface area (Å²) in [6.07, 6.45) is -2.47. The molecule has 4 rings (SSSR count). The normalized spacial score (nSPS) is 11.4. The van der Waals surface area contributed by atoms with Gasteiger partial charge < -0.3 is 14.6 Å². The van der Waals surface area contributed by atoms with Crippen LogP contribution >= 0.6 is 11.6 Å². The Morgan fingerprint density at radius 3 is 2.27 bits per heavy atom. The van der Waals surface area contributed by atoms with E-state index in [0.29, 0.717) is 16.7 Å². The molecule has 0 bridgehead atoms. The second-order valence-electron chi connectivity index (χ2n) is 9.32. The molecule has 0 aliphatic carbocycles. The number of para-hydroxylation sites is 1. The second-order valence-corrected chi connectivity index (χ2v) is 9.73. The van der Waals surface area contributed by atoms with Crippen molar-refractivity contribution in [2.24, 2.45) is 0 Å². The maximum Gasteiger partial charge on any atom is 0.422 e. The number of aryl methyl sites for hydroxylation is 2. The summed E-state index contributed by atoms with van der Waals surface area (Å²) in [7, 11) is 0. The minimum absolute atomic E-state index is 0.0618. The molecule has 0 saturated carbocycles. The summed E-state index contributed by atoms with van der Waals surface area (Å²) in [4.78, 5) is 40.2. The molecule has 0 aromatic heterocycles. The van der Waals surface area contributed by atoms with Crippen LogP contribution in [0.25, 0.3) is 0 Å². The van der Waals surface area contributed by atoms with Gasteiger partial charge in [-0.2, -0.15) is 0 Å². The summed E-state index contributed by atoms with van der Waals surface area (Å²) in [6.45, 7) is 4.81. The van der Waals surface area contributed by atoms with Crippen LogP contribution in [0.4, 0.5) is 20.6 Å². The van der Waals surface area contributed by atoms with Crippen LogP contribution in [0, 0.1) is 19.7 Å². The molecular weight excluding hydrogens is 549 g/mol. The summed E-state index contributed by atoms with van der Waals surface area (Å²) in [5.41, 5.74) is 2.82. The Kier molecular flexibility index (Phi) is 9.04. The number of hydrogen-bond donors (Lipinski definition) is 1. The minimum atomic E-state index is -1.30. The van der Waals surface area contributed by atoms with Gasteiger partial charge in [0.15, 0.2) is 5.78 Å². The van der Waals surface area contributed by atoms with Crippen molar-refractivity contribution in [3.05, 3.63) is 124 Å². The molecule has 0 aliphatic rings. The van der Waals surface area contributed by atoms with E-state index >= 15 is 0 Å². The van der Waals surface area contributed by atoms with Gasteiger partial charge >= 0.3 is 12.1 Å². The third kappa shape index (κ3) is 6.91. The zero-order valence-corrected chi connectivity index (χ0v) is 23.3. The van der Waals surface area contributed by atoms with Crippen LogP contribution < -0.4 is 4.90 Å². The first-order chi connectivity index (χ1) is 19.5. The number of rotatable bonds is 8. The van der Waals surface area contributed by atoms with E-state index in [9.17, 15) is 23.9 Å². The predicted octanol–water partition coefficient (Wildman–Crippen LogP) is 7.44. The number of benzene rings is 4.